The van der Waals surface area contributed by atoms with Crippen LogP contribution in [0.25, 0.3) is 0 Å². The summed E-state index contributed by atoms with van der Waals surface area (Å²) in [6.07, 6.45) is 8.16. The number of likely N-dealkylation sites (tertiary alicyclic amines) is 1. The van der Waals surface area contributed by atoms with E-state index < -0.39 is 0 Å². The van der Waals surface area contributed by atoms with E-state index >= 15 is 0 Å². The Morgan fingerprint density at radius 2 is 1.64 bits per heavy atom. The first-order valence-electron chi connectivity index (χ1n) is 12.5. The number of benzene rings is 2. The number of nitrogens with zero attached hydrogens (tertiary/aromatic N) is 2. The molecule has 2 saturated heterocycles. The second-order valence-electron chi connectivity index (χ2n) is 9.36. The number of hydrogen-bond donors (Lipinski definition) is 0. The van der Waals surface area contributed by atoms with Crippen molar-refractivity contribution in [2.24, 2.45) is 5.92 Å². The number of anilines is 1. The van der Waals surface area contributed by atoms with Crippen LogP contribution in [0.1, 0.15) is 57.4 Å². The Kier molecular flexibility index (Phi) is 8.16. The molecule has 2 aliphatic rings. The molecule has 0 aromatic heterocycles. The van der Waals surface area contributed by atoms with E-state index in [2.05, 4.69) is 42.2 Å². The van der Waals surface area contributed by atoms with Crippen LogP contribution in [-0.2, 0) is 16.0 Å². The largest absolute Gasteiger partial charge is 0.494 e. The van der Waals surface area contributed by atoms with Gasteiger partial charge >= 0.3 is 0 Å². The summed E-state index contributed by atoms with van der Waals surface area (Å²) in [5.41, 5.74) is 2.02. The molecule has 5 heteroatoms. The Bertz CT molecular complexity index is 904. The second-order valence-corrected chi connectivity index (χ2v) is 9.36. The summed E-state index contributed by atoms with van der Waals surface area (Å²) in [6, 6.07) is 17.6. The zero-order chi connectivity index (χ0) is 23.0. The van der Waals surface area contributed by atoms with Crippen LogP contribution in [-0.4, -0.2) is 42.5 Å². The van der Waals surface area contributed by atoms with Crippen molar-refractivity contribution in [1.82, 2.24) is 4.90 Å². The third kappa shape index (κ3) is 6.02. The molecule has 0 spiro atoms. The van der Waals surface area contributed by atoms with Crippen molar-refractivity contribution in [3.63, 3.8) is 0 Å². The summed E-state index contributed by atoms with van der Waals surface area (Å²) in [5, 5.41) is 0. The maximum atomic E-state index is 13.2. The average Bonchev–Trinajstić information content (AvgIpc) is 3.14. The van der Waals surface area contributed by atoms with E-state index in [9.17, 15) is 9.59 Å². The number of ether oxygens (including phenoxy) is 1. The van der Waals surface area contributed by atoms with Gasteiger partial charge in [-0.05, 0) is 74.5 Å². The van der Waals surface area contributed by atoms with Gasteiger partial charge in [0.15, 0.2) is 0 Å². The fraction of sp³-hybridized carbons (Fsp3) is 0.500. The molecule has 0 bridgehead atoms. The Morgan fingerprint density at radius 3 is 2.33 bits per heavy atom. The fourth-order valence-corrected chi connectivity index (χ4v) is 5.00. The smallest absolute Gasteiger partial charge is 0.251 e. The minimum absolute atomic E-state index is 0.0882. The van der Waals surface area contributed by atoms with Crippen LogP contribution in [0.2, 0.25) is 0 Å². The first kappa shape index (κ1) is 23.5. The van der Waals surface area contributed by atoms with Crippen LogP contribution >= 0.6 is 0 Å². The summed E-state index contributed by atoms with van der Waals surface area (Å²) in [6.45, 7) is 4.64. The average molecular weight is 449 g/mol. The molecular weight excluding hydrogens is 412 g/mol. The van der Waals surface area contributed by atoms with Crippen molar-refractivity contribution in [3.05, 3.63) is 60.2 Å². The highest BCUT2D eigenvalue weighted by molar-refractivity contribution is 6.22. The molecule has 2 aliphatic heterocycles. The zero-order valence-electron chi connectivity index (χ0n) is 19.7. The zero-order valence-corrected chi connectivity index (χ0v) is 19.7. The molecular formula is C28H36N2O3. The van der Waals surface area contributed by atoms with E-state index in [4.69, 9.17) is 4.74 Å². The van der Waals surface area contributed by atoms with E-state index in [1.54, 1.807) is 0 Å². The van der Waals surface area contributed by atoms with Gasteiger partial charge in [-0.3, -0.25) is 14.5 Å². The normalized spacial score (nSPS) is 19.9. The third-order valence-electron chi connectivity index (χ3n) is 6.94. The first-order chi connectivity index (χ1) is 16.2. The number of imide groups is 1. The Labute approximate surface area is 197 Å². The van der Waals surface area contributed by atoms with Crippen molar-refractivity contribution in [3.8, 4) is 5.75 Å². The minimum Gasteiger partial charge on any atom is -0.494 e. The SMILES string of the molecule is CCCCCCOc1ccc(N2C(=O)CC(N3CCC(Cc4ccccc4)CC3)C2=O)cc1. The molecule has 1 unspecified atom stereocenters. The van der Waals surface area contributed by atoms with Crippen LogP contribution in [0.5, 0.6) is 5.75 Å². The van der Waals surface area contributed by atoms with Crippen LogP contribution < -0.4 is 9.64 Å². The van der Waals surface area contributed by atoms with Crippen molar-refractivity contribution in [2.45, 2.75) is 64.3 Å². The van der Waals surface area contributed by atoms with Crippen LogP contribution in [0.15, 0.2) is 54.6 Å². The molecule has 2 fully saturated rings. The van der Waals surface area contributed by atoms with Crippen LogP contribution in [0.4, 0.5) is 5.69 Å². The summed E-state index contributed by atoms with van der Waals surface area (Å²) < 4.78 is 5.80. The lowest BCUT2D eigenvalue weighted by molar-refractivity contribution is -0.123. The number of carbonyl (C=O) groups excluding carboxylic acids is 2. The lowest BCUT2D eigenvalue weighted by Gasteiger charge is -2.34. The number of amides is 2. The van der Waals surface area contributed by atoms with Gasteiger partial charge in [0.25, 0.3) is 5.91 Å². The molecule has 5 nitrogen and oxygen atoms in total. The van der Waals surface area contributed by atoms with Gasteiger partial charge in [0, 0.05) is 0 Å². The summed E-state index contributed by atoms with van der Waals surface area (Å²) in [5.74, 6) is 1.23. The monoisotopic (exact) mass is 448 g/mol. The Morgan fingerprint density at radius 1 is 0.909 bits per heavy atom. The van der Waals surface area contributed by atoms with Gasteiger partial charge < -0.3 is 4.74 Å². The Hall–Kier alpha value is -2.66. The van der Waals surface area contributed by atoms with Crippen LogP contribution in [0.3, 0.4) is 0 Å². The molecule has 0 N–H and O–H groups in total. The number of carbonyl (C=O) groups is 2. The third-order valence-corrected chi connectivity index (χ3v) is 6.94. The summed E-state index contributed by atoms with van der Waals surface area (Å²) in [4.78, 5) is 29.5. The highest BCUT2D eigenvalue weighted by Gasteiger charge is 2.43. The molecule has 1 atom stereocenters. The van der Waals surface area contributed by atoms with Crippen LogP contribution in [0, 0.1) is 5.92 Å². The van der Waals surface area contributed by atoms with E-state index in [1.165, 1.54) is 29.7 Å². The summed E-state index contributed by atoms with van der Waals surface area (Å²) in [7, 11) is 0. The number of unbranched alkanes of at least 4 members (excludes halogenated alkanes) is 3. The number of piperidine rings is 1. The van der Waals surface area contributed by atoms with Gasteiger partial charge in [-0.25, -0.2) is 4.90 Å². The lowest BCUT2D eigenvalue weighted by Crippen LogP contribution is -2.46. The molecule has 2 aromatic rings. The maximum Gasteiger partial charge on any atom is 0.251 e. The van der Waals surface area contributed by atoms with Gasteiger partial charge in [-0.1, -0.05) is 56.5 Å². The van der Waals surface area contributed by atoms with Gasteiger partial charge in [0.2, 0.25) is 5.91 Å². The van der Waals surface area contributed by atoms with E-state index in [0.29, 0.717) is 18.2 Å². The lowest BCUT2D eigenvalue weighted by atomic mass is 9.89. The standard InChI is InChI=1S/C28H36N2O3/c1-2-3-4-8-19-33-25-13-11-24(12-14-25)30-27(31)21-26(28(30)32)29-17-15-23(16-18-29)20-22-9-6-5-7-10-22/h5-7,9-14,23,26H,2-4,8,15-21H2,1H3. The Balaban J connectivity index is 1.29. The first-order valence-corrected chi connectivity index (χ1v) is 12.5. The predicted octanol–water partition coefficient (Wildman–Crippen LogP) is 5.23. The molecule has 4 rings (SSSR count). The van der Waals surface area contributed by atoms with Crippen molar-refractivity contribution in [2.75, 3.05) is 24.6 Å². The van der Waals surface area contributed by atoms with Gasteiger partial charge in [-0.2, -0.15) is 0 Å². The van der Waals surface area contributed by atoms with E-state index in [0.717, 1.165) is 44.5 Å². The quantitative estimate of drug-likeness (QED) is 0.369. The minimum atomic E-state index is -0.329. The predicted molar refractivity (Wildman–Crippen MR) is 131 cm³/mol. The number of rotatable bonds is 10. The van der Waals surface area contributed by atoms with Gasteiger partial charge in [0.1, 0.15) is 5.75 Å². The number of hydrogen-bond acceptors (Lipinski definition) is 4. The molecule has 0 saturated carbocycles. The molecule has 2 amide bonds. The second kappa shape index (κ2) is 11.5. The molecule has 33 heavy (non-hydrogen) atoms. The van der Waals surface area contributed by atoms with Gasteiger partial charge in [0.05, 0.1) is 24.8 Å². The fourth-order valence-electron chi connectivity index (χ4n) is 5.00. The summed E-state index contributed by atoms with van der Waals surface area (Å²) >= 11 is 0. The van der Waals surface area contributed by atoms with E-state index in [1.807, 2.05) is 24.3 Å². The molecule has 0 radical (unpaired) electrons. The van der Waals surface area contributed by atoms with Crippen molar-refractivity contribution in [1.29, 1.82) is 0 Å². The molecule has 176 valence electrons. The van der Waals surface area contributed by atoms with Crippen molar-refractivity contribution < 1.29 is 14.3 Å². The highest BCUT2D eigenvalue weighted by Crippen LogP contribution is 2.30. The molecule has 2 heterocycles. The van der Waals surface area contributed by atoms with Gasteiger partial charge in [-0.15, -0.1) is 0 Å². The molecule has 0 aliphatic carbocycles. The van der Waals surface area contributed by atoms with E-state index in [-0.39, 0.29) is 24.3 Å². The molecule has 2 aromatic carbocycles. The highest BCUT2D eigenvalue weighted by atomic mass is 16.5. The topological polar surface area (TPSA) is 49.9 Å². The van der Waals surface area contributed by atoms with Crippen molar-refractivity contribution >= 4 is 17.5 Å². The maximum absolute atomic E-state index is 13.2.